The van der Waals surface area contributed by atoms with Gasteiger partial charge in [0.05, 0.1) is 0 Å². The van der Waals surface area contributed by atoms with E-state index in [4.69, 9.17) is 0 Å². The van der Waals surface area contributed by atoms with Crippen molar-refractivity contribution in [3.05, 3.63) is 47.8 Å². The van der Waals surface area contributed by atoms with Gasteiger partial charge in [-0.25, -0.2) is 0 Å². The second-order valence-corrected chi connectivity index (χ2v) is 5.07. The Labute approximate surface area is 107 Å². The number of nitrogens with one attached hydrogen (secondary N) is 2. The molecule has 0 amide bonds. The number of hydrogen-bond acceptors (Lipinski definition) is 3. The summed E-state index contributed by atoms with van der Waals surface area (Å²) >= 11 is 0. The SMILES string of the molecule is O=C(/C=C1/N[C@H]2CCCC[C@H]2N1)c1ccccc1. The number of rotatable bonds is 2. The zero-order chi connectivity index (χ0) is 12.4. The van der Waals surface area contributed by atoms with Crippen molar-refractivity contribution in [2.45, 2.75) is 37.8 Å². The molecule has 0 aromatic heterocycles. The van der Waals surface area contributed by atoms with Gasteiger partial charge in [-0.15, -0.1) is 0 Å². The molecule has 0 unspecified atom stereocenters. The molecule has 2 N–H and O–H groups in total. The summed E-state index contributed by atoms with van der Waals surface area (Å²) in [4.78, 5) is 12.0. The molecule has 1 aromatic carbocycles. The van der Waals surface area contributed by atoms with Crippen LogP contribution >= 0.6 is 0 Å². The number of ketones is 1. The van der Waals surface area contributed by atoms with Gasteiger partial charge in [0, 0.05) is 23.7 Å². The van der Waals surface area contributed by atoms with E-state index in [0.29, 0.717) is 12.1 Å². The molecule has 0 radical (unpaired) electrons. The highest BCUT2D eigenvalue weighted by Gasteiger charge is 2.31. The van der Waals surface area contributed by atoms with Crippen molar-refractivity contribution in [3.8, 4) is 0 Å². The fourth-order valence-electron chi connectivity index (χ4n) is 2.82. The lowest BCUT2D eigenvalue weighted by Gasteiger charge is -2.23. The Morgan fingerprint density at radius 2 is 1.67 bits per heavy atom. The van der Waals surface area contributed by atoms with Gasteiger partial charge in [-0.2, -0.15) is 0 Å². The molecule has 3 rings (SSSR count). The third-order valence-electron chi connectivity index (χ3n) is 3.78. The first kappa shape index (κ1) is 11.3. The summed E-state index contributed by atoms with van der Waals surface area (Å²) in [5.74, 6) is 0.949. The summed E-state index contributed by atoms with van der Waals surface area (Å²) in [5, 5.41) is 6.85. The van der Waals surface area contributed by atoms with E-state index >= 15 is 0 Å². The van der Waals surface area contributed by atoms with E-state index in [0.717, 1.165) is 11.4 Å². The molecule has 1 heterocycles. The topological polar surface area (TPSA) is 41.1 Å². The van der Waals surface area contributed by atoms with Gasteiger partial charge in [0.25, 0.3) is 0 Å². The first-order valence-corrected chi connectivity index (χ1v) is 6.67. The molecule has 94 valence electrons. The van der Waals surface area contributed by atoms with Crippen molar-refractivity contribution < 1.29 is 4.79 Å². The van der Waals surface area contributed by atoms with Crippen LogP contribution in [0.4, 0.5) is 0 Å². The first-order chi connectivity index (χ1) is 8.83. The maximum atomic E-state index is 12.0. The molecule has 0 spiro atoms. The average molecular weight is 242 g/mol. The smallest absolute Gasteiger partial charge is 0.189 e. The van der Waals surface area contributed by atoms with E-state index in [9.17, 15) is 4.79 Å². The van der Waals surface area contributed by atoms with Gasteiger partial charge in [0.1, 0.15) is 5.82 Å². The molecule has 1 saturated carbocycles. The molecule has 1 aliphatic carbocycles. The van der Waals surface area contributed by atoms with Crippen LogP contribution in [0.25, 0.3) is 0 Å². The summed E-state index contributed by atoms with van der Waals surface area (Å²) in [6.07, 6.45) is 6.67. The minimum Gasteiger partial charge on any atom is -0.367 e. The molecule has 2 aliphatic rings. The molecule has 3 nitrogen and oxygen atoms in total. The Kier molecular flexibility index (Phi) is 3.05. The maximum Gasteiger partial charge on any atom is 0.189 e. The Morgan fingerprint density at radius 1 is 1.06 bits per heavy atom. The van der Waals surface area contributed by atoms with Crippen LogP contribution in [0.15, 0.2) is 42.2 Å². The zero-order valence-electron chi connectivity index (χ0n) is 10.4. The monoisotopic (exact) mass is 242 g/mol. The number of carbonyl (C=O) groups is 1. The third-order valence-corrected chi connectivity index (χ3v) is 3.78. The Bertz CT molecular complexity index is 451. The van der Waals surface area contributed by atoms with E-state index in [2.05, 4.69) is 10.6 Å². The second kappa shape index (κ2) is 4.84. The van der Waals surface area contributed by atoms with Crippen molar-refractivity contribution in [1.29, 1.82) is 0 Å². The van der Waals surface area contributed by atoms with Crippen LogP contribution in [0.1, 0.15) is 36.0 Å². The minimum atomic E-state index is 0.0595. The van der Waals surface area contributed by atoms with Crippen LogP contribution in [0.5, 0.6) is 0 Å². The van der Waals surface area contributed by atoms with E-state index < -0.39 is 0 Å². The van der Waals surface area contributed by atoms with Gasteiger partial charge in [-0.1, -0.05) is 43.2 Å². The van der Waals surface area contributed by atoms with Crippen LogP contribution in [0.3, 0.4) is 0 Å². The molecule has 1 aromatic rings. The summed E-state index contributed by atoms with van der Waals surface area (Å²) in [5.41, 5.74) is 0.739. The summed E-state index contributed by atoms with van der Waals surface area (Å²) in [6, 6.07) is 10.4. The average Bonchev–Trinajstić information content (AvgIpc) is 2.82. The van der Waals surface area contributed by atoms with E-state index in [1.807, 2.05) is 30.3 Å². The van der Waals surface area contributed by atoms with Crippen molar-refractivity contribution in [1.82, 2.24) is 10.6 Å². The van der Waals surface area contributed by atoms with Crippen LogP contribution in [0.2, 0.25) is 0 Å². The quantitative estimate of drug-likeness (QED) is 0.617. The van der Waals surface area contributed by atoms with Gasteiger partial charge in [0.15, 0.2) is 5.78 Å². The van der Waals surface area contributed by atoms with Crippen molar-refractivity contribution in [2.24, 2.45) is 0 Å². The minimum absolute atomic E-state index is 0.0595. The molecule has 1 aliphatic heterocycles. The summed E-state index contributed by atoms with van der Waals surface area (Å²) in [6.45, 7) is 0. The highest BCUT2D eigenvalue weighted by Crippen LogP contribution is 2.23. The number of hydrogen-bond donors (Lipinski definition) is 2. The number of benzene rings is 1. The van der Waals surface area contributed by atoms with Gasteiger partial charge in [-0.05, 0) is 12.8 Å². The standard InChI is InChI=1S/C15H18N2O/c18-14(11-6-2-1-3-7-11)10-15-16-12-8-4-5-9-13(12)17-15/h1-3,6-7,10,12-13,16-17H,4-5,8-9H2/b15-10-/t12-,13+/m0/s1. The van der Waals surface area contributed by atoms with Gasteiger partial charge >= 0.3 is 0 Å². The number of carbonyl (C=O) groups excluding carboxylic acids is 1. The summed E-state index contributed by atoms with van der Waals surface area (Å²) in [7, 11) is 0. The lowest BCUT2D eigenvalue weighted by Crippen LogP contribution is -2.36. The molecule has 3 heteroatoms. The fraction of sp³-hybridized carbons (Fsp3) is 0.400. The van der Waals surface area contributed by atoms with Crippen LogP contribution in [0, 0.1) is 0 Å². The molecular weight excluding hydrogens is 224 g/mol. The largest absolute Gasteiger partial charge is 0.367 e. The Hall–Kier alpha value is -1.77. The lowest BCUT2D eigenvalue weighted by atomic mass is 9.92. The highest BCUT2D eigenvalue weighted by atomic mass is 16.1. The van der Waals surface area contributed by atoms with Crippen LogP contribution in [-0.2, 0) is 0 Å². The van der Waals surface area contributed by atoms with Gasteiger partial charge in [0.2, 0.25) is 0 Å². The highest BCUT2D eigenvalue weighted by molar-refractivity contribution is 6.04. The number of allylic oxidation sites excluding steroid dienone is 1. The molecular formula is C15H18N2O. The fourth-order valence-corrected chi connectivity index (χ4v) is 2.82. The maximum absolute atomic E-state index is 12.0. The zero-order valence-corrected chi connectivity index (χ0v) is 10.4. The van der Waals surface area contributed by atoms with Crippen molar-refractivity contribution in [3.63, 3.8) is 0 Å². The van der Waals surface area contributed by atoms with E-state index in [1.165, 1.54) is 25.7 Å². The second-order valence-electron chi connectivity index (χ2n) is 5.07. The normalized spacial score (nSPS) is 28.3. The number of fused-ring (bicyclic) bond motifs is 1. The Balaban J connectivity index is 1.72. The lowest BCUT2D eigenvalue weighted by molar-refractivity contribution is 0.104. The van der Waals surface area contributed by atoms with Crippen LogP contribution in [-0.4, -0.2) is 17.9 Å². The molecule has 2 fully saturated rings. The molecule has 1 saturated heterocycles. The molecule has 2 atom stereocenters. The molecule has 18 heavy (non-hydrogen) atoms. The van der Waals surface area contributed by atoms with E-state index in [-0.39, 0.29) is 5.78 Å². The predicted molar refractivity (Wildman–Crippen MR) is 71.2 cm³/mol. The Morgan fingerprint density at radius 3 is 2.28 bits per heavy atom. The summed E-state index contributed by atoms with van der Waals surface area (Å²) < 4.78 is 0. The van der Waals surface area contributed by atoms with Gasteiger partial charge < -0.3 is 10.6 Å². The van der Waals surface area contributed by atoms with Crippen LogP contribution < -0.4 is 10.6 Å². The van der Waals surface area contributed by atoms with Crippen molar-refractivity contribution >= 4 is 5.78 Å². The van der Waals surface area contributed by atoms with E-state index in [1.54, 1.807) is 6.08 Å². The first-order valence-electron chi connectivity index (χ1n) is 6.67. The third kappa shape index (κ3) is 2.26. The van der Waals surface area contributed by atoms with Gasteiger partial charge in [-0.3, -0.25) is 4.79 Å². The molecule has 0 bridgehead atoms. The van der Waals surface area contributed by atoms with Crippen molar-refractivity contribution in [2.75, 3.05) is 0 Å². The predicted octanol–water partition coefficient (Wildman–Crippen LogP) is 2.21.